The molecular weight excluding hydrogens is 421 g/mol. The molecule has 4 nitrogen and oxygen atoms in total. The molecule has 0 fully saturated rings. The van der Waals surface area contributed by atoms with Crippen LogP contribution in [0.3, 0.4) is 0 Å². The SMILES string of the molecule is Cc1cc2sc(NC(=S)NC(=O)c3cccc(Cl)c3Cl)nc2cc1Cl. The van der Waals surface area contributed by atoms with Crippen LogP contribution in [-0.2, 0) is 0 Å². The summed E-state index contributed by atoms with van der Waals surface area (Å²) >= 11 is 24.6. The third kappa shape index (κ3) is 4.04. The lowest BCUT2D eigenvalue weighted by molar-refractivity contribution is 0.0978. The lowest BCUT2D eigenvalue weighted by Gasteiger charge is -2.08. The number of thiazole rings is 1. The zero-order valence-corrected chi connectivity index (χ0v) is 16.6. The number of carbonyl (C=O) groups is 1. The van der Waals surface area contributed by atoms with Crippen molar-refractivity contribution in [3.63, 3.8) is 0 Å². The van der Waals surface area contributed by atoms with Crippen LogP contribution in [0.1, 0.15) is 15.9 Å². The van der Waals surface area contributed by atoms with Gasteiger partial charge < -0.3 is 5.32 Å². The minimum atomic E-state index is -0.454. The van der Waals surface area contributed by atoms with Crippen LogP contribution in [0, 0.1) is 6.92 Å². The molecule has 9 heteroatoms. The van der Waals surface area contributed by atoms with E-state index in [1.807, 2.05) is 13.0 Å². The molecule has 0 aliphatic carbocycles. The Morgan fingerprint density at radius 1 is 1.20 bits per heavy atom. The molecule has 3 aromatic rings. The van der Waals surface area contributed by atoms with Crippen LogP contribution in [0.5, 0.6) is 0 Å². The Balaban J connectivity index is 1.74. The van der Waals surface area contributed by atoms with Gasteiger partial charge in [-0.1, -0.05) is 52.2 Å². The molecule has 25 heavy (non-hydrogen) atoms. The van der Waals surface area contributed by atoms with Crippen molar-refractivity contribution in [2.75, 3.05) is 5.32 Å². The molecule has 0 saturated carbocycles. The molecule has 0 aliphatic heterocycles. The molecule has 0 saturated heterocycles. The predicted molar refractivity (Wildman–Crippen MR) is 110 cm³/mol. The first-order valence-electron chi connectivity index (χ1n) is 6.98. The van der Waals surface area contributed by atoms with Crippen LogP contribution in [-0.4, -0.2) is 16.0 Å². The molecule has 0 radical (unpaired) electrons. The van der Waals surface area contributed by atoms with Gasteiger partial charge in [-0.15, -0.1) is 0 Å². The minimum absolute atomic E-state index is 0.114. The first kappa shape index (κ1) is 18.4. The van der Waals surface area contributed by atoms with E-state index in [4.69, 9.17) is 47.0 Å². The van der Waals surface area contributed by atoms with E-state index in [9.17, 15) is 4.79 Å². The molecule has 0 aliphatic rings. The van der Waals surface area contributed by atoms with Gasteiger partial charge in [-0.25, -0.2) is 4.98 Å². The first-order valence-corrected chi connectivity index (χ1v) is 9.34. The summed E-state index contributed by atoms with van der Waals surface area (Å²) in [5.41, 5.74) is 1.97. The van der Waals surface area contributed by atoms with Crippen LogP contribution < -0.4 is 10.6 Å². The van der Waals surface area contributed by atoms with Crippen molar-refractivity contribution >= 4 is 84.7 Å². The molecule has 128 valence electrons. The molecule has 0 atom stereocenters. The number of nitrogens with one attached hydrogen (secondary N) is 2. The maximum absolute atomic E-state index is 12.3. The Labute approximate surface area is 168 Å². The summed E-state index contributed by atoms with van der Waals surface area (Å²) in [6.45, 7) is 1.92. The van der Waals surface area contributed by atoms with E-state index >= 15 is 0 Å². The average Bonchev–Trinajstić information content (AvgIpc) is 2.91. The second-order valence-corrected chi connectivity index (χ2v) is 7.73. The number of nitrogens with zero attached hydrogens (tertiary/aromatic N) is 1. The van der Waals surface area contributed by atoms with Crippen LogP contribution in [0.15, 0.2) is 30.3 Å². The average molecular weight is 431 g/mol. The van der Waals surface area contributed by atoms with Crippen molar-refractivity contribution in [2.45, 2.75) is 6.92 Å². The highest BCUT2D eigenvalue weighted by atomic mass is 35.5. The number of fused-ring (bicyclic) bond motifs is 1. The van der Waals surface area contributed by atoms with E-state index in [2.05, 4.69) is 15.6 Å². The molecule has 0 unspecified atom stereocenters. The Bertz CT molecular complexity index is 965. The molecule has 1 amide bonds. The number of thiocarbonyl (C=S) groups is 1. The number of benzene rings is 2. The molecule has 0 spiro atoms. The first-order chi connectivity index (χ1) is 11.8. The summed E-state index contributed by atoms with van der Waals surface area (Å²) in [5, 5.41) is 7.24. The summed E-state index contributed by atoms with van der Waals surface area (Å²) in [5.74, 6) is -0.454. The largest absolute Gasteiger partial charge is 0.308 e. The third-order valence-corrected chi connectivity index (χ3v) is 5.68. The van der Waals surface area contributed by atoms with E-state index in [0.29, 0.717) is 15.2 Å². The van der Waals surface area contributed by atoms with Gasteiger partial charge >= 0.3 is 0 Å². The molecule has 1 heterocycles. The van der Waals surface area contributed by atoms with Crippen molar-refractivity contribution in [1.82, 2.24) is 10.3 Å². The van der Waals surface area contributed by atoms with Gasteiger partial charge in [-0.05, 0) is 49.0 Å². The monoisotopic (exact) mass is 429 g/mol. The highest BCUT2D eigenvalue weighted by molar-refractivity contribution is 7.80. The lowest BCUT2D eigenvalue weighted by Crippen LogP contribution is -2.34. The Morgan fingerprint density at radius 2 is 1.96 bits per heavy atom. The van der Waals surface area contributed by atoms with E-state index < -0.39 is 5.91 Å². The number of rotatable bonds is 2. The molecular formula is C16H10Cl3N3OS2. The Morgan fingerprint density at radius 3 is 2.72 bits per heavy atom. The number of carbonyl (C=O) groups excluding carboxylic acids is 1. The third-order valence-electron chi connectivity index (χ3n) is 3.31. The van der Waals surface area contributed by atoms with Gasteiger partial charge in [0.1, 0.15) is 0 Å². The number of aryl methyl sites for hydroxylation is 1. The van der Waals surface area contributed by atoms with Crippen LogP contribution in [0.4, 0.5) is 5.13 Å². The lowest BCUT2D eigenvalue weighted by atomic mass is 10.2. The maximum Gasteiger partial charge on any atom is 0.258 e. The molecule has 1 aromatic heterocycles. The number of anilines is 1. The van der Waals surface area contributed by atoms with Crippen molar-refractivity contribution in [1.29, 1.82) is 0 Å². The molecule has 3 rings (SSSR count). The van der Waals surface area contributed by atoms with Crippen molar-refractivity contribution in [3.05, 3.63) is 56.5 Å². The van der Waals surface area contributed by atoms with Gasteiger partial charge in [0.05, 0.1) is 25.8 Å². The summed E-state index contributed by atoms with van der Waals surface area (Å²) in [6, 6.07) is 8.55. The quantitative estimate of drug-likeness (QED) is 0.513. The molecule has 2 N–H and O–H groups in total. The minimum Gasteiger partial charge on any atom is -0.308 e. The Kier molecular flexibility index (Phi) is 5.46. The van der Waals surface area contributed by atoms with Gasteiger partial charge in [0.25, 0.3) is 5.91 Å². The fourth-order valence-corrected chi connectivity index (χ4v) is 3.83. The van der Waals surface area contributed by atoms with Gasteiger partial charge in [-0.3, -0.25) is 10.1 Å². The van der Waals surface area contributed by atoms with E-state index in [-0.39, 0.29) is 15.7 Å². The van der Waals surface area contributed by atoms with Gasteiger partial charge in [0, 0.05) is 5.02 Å². The van der Waals surface area contributed by atoms with Gasteiger partial charge in [0.2, 0.25) is 0 Å². The standard InChI is InChI=1S/C16H10Cl3N3OS2/c1-7-5-12-11(6-10(7)18)20-16(25-12)22-15(24)21-14(23)8-3-2-4-9(17)13(8)19/h2-6H,1H3,(H2,20,21,22,23,24). The number of hydrogen-bond donors (Lipinski definition) is 2. The summed E-state index contributed by atoms with van der Waals surface area (Å²) in [7, 11) is 0. The Hall–Kier alpha value is -1.44. The smallest absolute Gasteiger partial charge is 0.258 e. The van der Waals surface area contributed by atoms with Crippen molar-refractivity contribution < 1.29 is 4.79 Å². The molecule has 2 aromatic carbocycles. The number of aromatic nitrogens is 1. The van der Waals surface area contributed by atoms with E-state index in [1.165, 1.54) is 11.3 Å². The zero-order valence-electron chi connectivity index (χ0n) is 12.7. The zero-order chi connectivity index (χ0) is 18.1. The normalized spacial score (nSPS) is 10.7. The summed E-state index contributed by atoms with van der Waals surface area (Å²) < 4.78 is 0.969. The summed E-state index contributed by atoms with van der Waals surface area (Å²) in [4.78, 5) is 16.7. The van der Waals surface area contributed by atoms with Gasteiger partial charge in [-0.2, -0.15) is 0 Å². The van der Waals surface area contributed by atoms with Gasteiger partial charge in [0.15, 0.2) is 10.2 Å². The van der Waals surface area contributed by atoms with E-state index in [0.717, 1.165) is 15.8 Å². The second-order valence-electron chi connectivity index (χ2n) is 5.10. The fourth-order valence-electron chi connectivity index (χ4n) is 2.08. The van der Waals surface area contributed by atoms with Crippen LogP contribution in [0.2, 0.25) is 15.1 Å². The van der Waals surface area contributed by atoms with Crippen LogP contribution in [0.25, 0.3) is 10.2 Å². The maximum atomic E-state index is 12.3. The van der Waals surface area contributed by atoms with Crippen LogP contribution >= 0.6 is 58.4 Å². The number of halogens is 3. The molecule has 0 bridgehead atoms. The highest BCUT2D eigenvalue weighted by Crippen LogP contribution is 2.30. The topological polar surface area (TPSA) is 54.0 Å². The fraction of sp³-hybridized carbons (Fsp3) is 0.0625. The number of hydrogen-bond acceptors (Lipinski definition) is 4. The second kappa shape index (κ2) is 7.43. The van der Waals surface area contributed by atoms with E-state index in [1.54, 1.807) is 24.3 Å². The van der Waals surface area contributed by atoms with Crippen molar-refractivity contribution in [2.24, 2.45) is 0 Å². The van der Waals surface area contributed by atoms with Crippen molar-refractivity contribution in [3.8, 4) is 0 Å². The highest BCUT2D eigenvalue weighted by Gasteiger charge is 2.15. The predicted octanol–water partition coefficient (Wildman–Crippen LogP) is 5.69. The number of amides is 1. The summed E-state index contributed by atoms with van der Waals surface area (Å²) in [6.07, 6.45) is 0.